The summed E-state index contributed by atoms with van der Waals surface area (Å²) in [5.74, 6) is -0.896. The Morgan fingerprint density at radius 2 is 1.42 bits per heavy atom. The minimum Gasteiger partial charge on any atom is -0.480 e. The van der Waals surface area contributed by atoms with Gasteiger partial charge < -0.3 is 16.3 Å². The quantitative estimate of drug-likeness (QED) is 0.258. The van der Waals surface area contributed by atoms with Gasteiger partial charge in [-0.25, -0.2) is 5.01 Å². The fraction of sp³-hybridized carbons (Fsp3) is 0.161. The largest absolute Gasteiger partial charge is 0.480 e. The lowest BCUT2D eigenvalue weighted by atomic mass is 9.77. The molecule has 0 fully saturated rings. The fourth-order valence-electron chi connectivity index (χ4n) is 5.66. The second kappa shape index (κ2) is 9.78. The monoisotopic (exact) mass is 503 g/mol. The number of rotatable bonds is 8. The Bertz CT molecular complexity index is 1470. The van der Waals surface area contributed by atoms with Crippen molar-refractivity contribution in [2.75, 3.05) is 18.5 Å². The van der Waals surface area contributed by atoms with Crippen LogP contribution in [0.1, 0.15) is 34.7 Å². The molecule has 2 heterocycles. The van der Waals surface area contributed by atoms with E-state index in [0.717, 1.165) is 38.8 Å². The number of carboxylic acid groups (broad SMARTS) is 1. The molecule has 0 saturated carbocycles. The van der Waals surface area contributed by atoms with Gasteiger partial charge in [-0.15, -0.1) is 0 Å². The molecule has 5 aromatic rings. The van der Waals surface area contributed by atoms with Crippen LogP contribution in [0.3, 0.4) is 0 Å². The second-order valence-corrected chi connectivity index (χ2v) is 9.53. The lowest BCUT2D eigenvalue weighted by Crippen LogP contribution is -2.38. The van der Waals surface area contributed by atoms with Crippen LogP contribution < -0.4 is 11.2 Å². The molecule has 1 aliphatic heterocycles. The van der Waals surface area contributed by atoms with E-state index < -0.39 is 17.6 Å². The lowest BCUT2D eigenvalue weighted by Gasteiger charge is -2.36. The van der Waals surface area contributed by atoms with E-state index in [2.05, 4.69) is 41.8 Å². The average Bonchev–Trinajstić information content (AvgIpc) is 3.56. The van der Waals surface area contributed by atoms with Crippen molar-refractivity contribution in [3.63, 3.8) is 0 Å². The summed E-state index contributed by atoms with van der Waals surface area (Å²) in [6.45, 7) is 1.02. The van der Waals surface area contributed by atoms with Crippen LogP contribution in [-0.2, 0) is 10.3 Å². The number of aliphatic carboxylic acids is 1. The summed E-state index contributed by atoms with van der Waals surface area (Å²) in [4.78, 5) is 12.3. The molecule has 6 rings (SSSR count). The molecular formula is C31H29N5O2. The molecule has 4 aromatic carbocycles. The predicted molar refractivity (Wildman–Crippen MR) is 149 cm³/mol. The first-order valence-corrected chi connectivity index (χ1v) is 12.8. The van der Waals surface area contributed by atoms with Crippen LogP contribution >= 0.6 is 0 Å². The van der Waals surface area contributed by atoms with Gasteiger partial charge in [0.05, 0.1) is 11.2 Å². The molecule has 0 saturated heterocycles. The molecule has 0 aliphatic carbocycles. The lowest BCUT2D eigenvalue weighted by molar-refractivity contribution is -0.142. The highest BCUT2D eigenvalue weighted by atomic mass is 16.4. The van der Waals surface area contributed by atoms with E-state index in [9.17, 15) is 9.90 Å². The standard InChI is InChI=1S/C31H29N5O2/c32-19-10-20-35-29(30(37)38)25-17-18-27-26(28(25)34-35)21-36(33-27)31(22-11-4-1-5-12-22,23-13-6-2-7-14-23)24-15-8-3-9-16-24/h1-9,11-18,21,29,34H,10,19-20,32H2,(H,37,38). The molecule has 0 amide bonds. The van der Waals surface area contributed by atoms with Crippen molar-refractivity contribution >= 4 is 22.6 Å². The van der Waals surface area contributed by atoms with E-state index in [1.165, 1.54) is 0 Å². The fourth-order valence-corrected chi connectivity index (χ4v) is 5.66. The number of nitrogens with one attached hydrogen (secondary N) is 1. The van der Waals surface area contributed by atoms with Gasteiger partial charge in [-0.2, -0.15) is 5.10 Å². The van der Waals surface area contributed by atoms with Gasteiger partial charge in [0.2, 0.25) is 0 Å². The third-order valence-corrected chi connectivity index (χ3v) is 7.34. The molecule has 1 unspecified atom stereocenters. The molecule has 4 N–H and O–H groups in total. The zero-order valence-electron chi connectivity index (χ0n) is 20.9. The maximum atomic E-state index is 12.3. The maximum absolute atomic E-state index is 12.3. The Balaban J connectivity index is 1.62. The van der Waals surface area contributed by atoms with Crippen LogP contribution in [0, 0.1) is 0 Å². The first kappa shape index (κ1) is 23.9. The molecule has 7 nitrogen and oxygen atoms in total. The van der Waals surface area contributed by atoms with E-state index in [4.69, 9.17) is 10.8 Å². The van der Waals surface area contributed by atoms with E-state index in [-0.39, 0.29) is 0 Å². The first-order valence-electron chi connectivity index (χ1n) is 12.8. The number of hydrogen-bond donors (Lipinski definition) is 3. The van der Waals surface area contributed by atoms with Gasteiger partial charge in [0, 0.05) is 23.7 Å². The molecule has 38 heavy (non-hydrogen) atoms. The number of carboxylic acids is 1. The Labute approximate surface area is 221 Å². The minimum atomic E-state index is -0.896. The summed E-state index contributed by atoms with van der Waals surface area (Å²) in [6, 6.07) is 34.1. The van der Waals surface area contributed by atoms with Crippen LogP contribution in [0.25, 0.3) is 10.9 Å². The normalized spacial score (nSPS) is 15.3. The van der Waals surface area contributed by atoms with Crippen LogP contribution in [0.5, 0.6) is 0 Å². The highest BCUT2D eigenvalue weighted by Gasteiger charge is 2.41. The number of aromatic nitrogens is 2. The number of nitrogens with zero attached hydrogens (tertiary/aromatic N) is 3. The molecule has 0 radical (unpaired) electrons. The van der Waals surface area contributed by atoms with E-state index in [0.29, 0.717) is 19.5 Å². The Kier molecular flexibility index (Phi) is 6.15. The van der Waals surface area contributed by atoms with Crippen molar-refractivity contribution in [1.82, 2.24) is 14.8 Å². The number of fused-ring (bicyclic) bond motifs is 3. The van der Waals surface area contributed by atoms with E-state index >= 15 is 0 Å². The molecule has 1 aromatic heterocycles. The van der Waals surface area contributed by atoms with Gasteiger partial charge in [-0.05, 0) is 35.7 Å². The zero-order chi connectivity index (χ0) is 26.1. The van der Waals surface area contributed by atoms with Crippen LogP contribution in [0.4, 0.5) is 5.69 Å². The molecular weight excluding hydrogens is 474 g/mol. The summed E-state index contributed by atoms with van der Waals surface area (Å²) in [6.07, 6.45) is 2.73. The van der Waals surface area contributed by atoms with Crippen LogP contribution in [-0.4, -0.2) is 39.0 Å². The average molecular weight is 504 g/mol. The van der Waals surface area contributed by atoms with E-state index in [1.807, 2.05) is 77.6 Å². The SMILES string of the molecule is NCCCN1Nc2c(ccc3nn(C(c4ccccc4)(c4ccccc4)c4ccccc4)cc23)C1C(=O)O. The molecule has 0 bridgehead atoms. The van der Waals surface area contributed by atoms with Gasteiger partial charge >= 0.3 is 5.97 Å². The second-order valence-electron chi connectivity index (χ2n) is 9.53. The molecule has 7 heteroatoms. The zero-order valence-corrected chi connectivity index (χ0v) is 20.9. The van der Waals surface area contributed by atoms with Crippen molar-refractivity contribution < 1.29 is 9.90 Å². The Morgan fingerprint density at radius 1 is 0.868 bits per heavy atom. The first-order chi connectivity index (χ1) is 18.6. The van der Waals surface area contributed by atoms with Crippen LogP contribution in [0.15, 0.2) is 109 Å². The molecule has 1 aliphatic rings. The summed E-state index contributed by atoms with van der Waals surface area (Å²) >= 11 is 0. The topological polar surface area (TPSA) is 96.4 Å². The van der Waals surface area contributed by atoms with Gasteiger partial charge in [-0.1, -0.05) is 97.1 Å². The minimum absolute atomic E-state index is 0.488. The summed E-state index contributed by atoms with van der Waals surface area (Å²) in [7, 11) is 0. The number of carbonyl (C=O) groups is 1. The number of benzene rings is 4. The number of nitrogens with two attached hydrogens (primary N) is 1. The summed E-state index contributed by atoms with van der Waals surface area (Å²) in [5.41, 5.74) is 13.9. The van der Waals surface area contributed by atoms with Crippen molar-refractivity contribution in [3.8, 4) is 0 Å². The predicted octanol–water partition coefficient (Wildman–Crippen LogP) is 4.99. The highest BCUT2D eigenvalue weighted by molar-refractivity contribution is 5.97. The van der Waals surface area contributed by atoms with Crippen molar-refractivity contribution in [3.05, 3.63) is 132 Å². The van der Waals surface area contributed by atoms with Crippen molar-refractivity contribution in [2.45, 2.75) is 18.0 Å². The molecule has 0 spiro atoms. The molecule has 1 atom stereocenters. The van der Waals surface area contributed by atoms with Crippen LogP contribution in [0.2, 0.25) is 0 Å². The van der Waals surface area contributed by atoms with Gasteiger partial charge in [0.25, 0.3) is 0 Å². The smallest absolute Gasteiger partial charge is 0.327 e. The number of hydrazine groups is 1. The number of anilines is 1. The highest BCUT2D eigenvalue weighted by Crippen LogP contribution is 2.44. The third-order valence-electron chi connectivity index (χ3n) is 7.34. The van der Waals surface area contributed by atoms with Gasteiger partial charge in [-0.3, -0.25) is 9.48 Å². The number of hydrogen-bond acceptors (Lipinski definition) is 5. The Hall–Kier alpha value is -4.46. The maximum Gasteiger partial charge on any atom is 0.327 e. The van der Waals surface area contributed by atoms with Crippen molar-refractivity contribution in [2.24, 2.45) is 5.73 Å². The summed E-state index contributed by atoms with van der Waals surface area (Å²) in [5, 5.41) is 17.8. The molecule has 190 valence electrons. The summed E-state index contributed by atoms with van der Waals surface area (Å²) < 4.78 is 2.03. The van der Waals surface area contributed by atoms with Gasteiger partial charge in [0.1, 0.15) is 5.54 Å². The Morgan fingerprint density at radius 3 is 1.92 bits per heavy atom. The van der Waals surface area contributed by atoms with Gasteiger partial charge in [0.15, 0.2) is 6.04 Å². The van der Waals surface area contributed by atoms with E-state index in [1.54, 1.807) is 5.01 Å². The third kappa shape index (κ3) is 3.75. The van der Waals surface area contributed by atoms with Crippen molar-refractivity contribution in [1.29, 1.82) is 0 Å².